The van der Waals surface area contributed by atoms with Crippen molar-refractivity contribution in [1.29, 1.82) is 0 Å². The highest BCUT2D eigenvalue weighted by Crippen LogP contribution is 2.38. The number of halogens is 2. The van der Waals surface area contributed by atoms with Crippen molar-refractivity contribution in [2.24, 2.45) is 13.0 Å². The zero-order valence-corrected chi connectivity index (χ0v) is 17.2. The highest BCUT2D eigenvalue weighted by Gasteiger charge is 2.29. The van der Waals surface area contributed by atoms with Crippen LogP contribution in [0.5, 0.6) is 5.75 Å². The van der Waals surface area contributed by atoms with E-state index in [2.05, 4.69) is 24.3 Å². The van der Waals surface area contributed by atoms with Gasteiger partial charge in [-0.3, -0.25) is 4.79 Å². The molecule has 1 aromatic heterocycles. The summed E-state index contributed by atoms with van der Waals surface area (Å²) >= 11 is 0. The average molecular weight is 396 g/mol. The largest absolute Gasteiger partial charge is 0.497 e. The van der Waals surface area contributed by atoms with E-state index in [0.29, 0.717) is 12.5 Å². The summed E-state index contributed by atoms with van der Waals surface area (Å²) < 4.78 is 37.3. The first-order valence-corrected chi connectivity index (χ1v) is 12.1. The van der Waals surface area contributed by atoms with Gasteiger partial charge >= 0.3 is 6.61 Å². The average Bonchev–Trinajstić information content (AvgIpc) is 3.47. The molecular formula is C20H27F2NO3Si. The van der Waals surface area contributed by atoms with Crippen LogP contribution in [-0.4, -0.2) is 26.6 Å². The number of allylic oxidation sites excluding steroid dienone is 4. The maximum Gasteiger partial charge on any atom is 0.387 e. The maximum atomic E-state index is 12.7. The minimum atomic E-state index is -3.02. The Kier molecular flexibility index (Phi) is 6.19. The summed E-state index contributed by atoms with van der Waals surface area (Å²) in [5.74, 6) is 1.09. The molecule has 1 aromatic rings. The fourth-order valence-corrected chi connectivity index (χ4v) is 4.93. The normalized spacial score (nSPS) is 20.9. The molecule has 0 spiro atoms. The van der Waals surface area contributed by atoms with Gasteiger partial charge in [0.1, 0.15) is 5.76 Å². The van der Waals surface area contributed by atoms with Gasteiger partial charge in [-0.25, -0.2) is 0 Å². The van der Waals surface area contributed by atoms with Crippen molar-refractivity contribution in [2.45, 2.75) is 51.3 Å². The fourth-order valence-electron chi connectivity index (χ4n) is 3.34. The third kappa shape index (κ3) is 4.89. The zero-order chi connectivity index (χ0) is 19.6. The van der Waals surface area contributed by atoms with Crippen LogP contribution in [-0.2, 0) is 11.8 Å². The second-order valence-corrected chi connectivity index (χ2v) is 10.9. The number of hydrogen-bond acceptors (Lipinski definition) is 3. The molecule has 2 atom stereocenters. The molecule has 2 aliphatic rings. The minimum Gasteiger partial charge on any atom is -0.497 e. The Morgan fingerprint density at radius 3 is 2.70 bits per heavy atom. The second-order valence-electron chi connectivity index (χ2n) is 7.56. The van der Waals surface area contributed by atoms with E-state index in [0.717, 1.165) is 23.8 Å². The van der Waals surface area contributed by atoms with Crippen LogP contribution in [0.25, 0.3) is 0 Å². The molecule has 1 fully saturated rings. The number of pyridine rings is 1. The number of ether oxygens (including phenoxy) is 2. The van der Waals surface area contributed by atoms with Gasteiger partial charge in [-0.05, 0) is 42.9 Å². The van der Waals surface area contributed by atoms with E-state index in [1.807, 2.05) is 6.08 Å². The molecule has 0 N–H and O–H groups in total. The Morgan fingerprint density at radius 2 is 2.07 bits per heavy atom. The molecule has 0 aliphatic heterocycles. The molecule has 7 heteroatoms. The van der Waals surface area contributed by atoms with Gasteiger partial charge in [-0.15, -0.1) is 0 Å². The Bertz CT molecular complexity index is 799. The zero-order valence-electron chi connectivity index (χ0n) is 16.1. The number of nitrogens with zero attached hydrogens (tertiary/aromatic N) is 1. The van der Waals surface area contributed by atoms with Crippen LogP contribution < -0.4 is 10.3 Å². The topological polar surface area (TPSA) is 40.5 Å². The summed E-state index contributed by atoms with van der Waals surface area (Å²) in [6.07, 6.45) is 9.13. The first-order chi connectivity index (χ1) is 12.9. The van der Waals surface area contributed by atoms with Crippen molar-refractivity contribution in [3.8, 4) is 5.75 Å². The monoisotopic (exact) mass is 395 g/mol. The van der Waals surface area contributed by atoms with Gasteiger partial charge in [-0.1, -0.05) is 30.8 Å². The van der Waals surface area contributed by atoms with Crippen molar-refractivity contribution >= 4 is 8.80 Å². The number of rotatable bonds is 8. The Hall–Kier alpha value is -1.89. The summed E-state index contributed by atoms with van der Waals surface area (Å²) in [4.78, 5) is 12.1. The van der Waals surface area contributed by atoms with Crippen LogP contribution >= 0.6 is 0 Å². The molecule has 1 unspecified atom stereocenters. The number of hydrogen-bond donors (Lipinski definition) is 0. The molecular weight excluding hydrogens is 368 g/mol. The third-order valence-corrected chi connectivity index (χ3v) is 8.38. The van der Waals surface area contributed by atoms with Crippen molar-refractivity contribution < 1.29 is 18.3 Å². The van der Waals surface area contributed by atoms with E-state index in [4.69, 9.17) is 4.74 Å². The van der Waals surface area contributed by atoms with E-state index in [1.54, 1.807) is 13.2 Å². The van der Waals surface area contributed by atoms with Crippen LogP contribution in [0.1, 0.15) is 37.7 Å². The first-order valence-electron chi connectivity index (χ1n) is 9.57. The van der Waals surface area contributed by atoms with Crippen LogP contribution in [0.15, 0.2) is 40.2 Å². The smallest absolute Gasteiger partial charge is 0.387 e. The molecule has 0 amide bonds. The second kappa shape index (κ2) is 8.42. The molecule has 1 heterocycles. The molecule has 0 bridgehead atoms. The minimum absolute atomic E-state index is 0.0722. The molecule has 0 radical (unpaired) electrons. The van der Waals surface area contributed by atoms with Crippen LogP contribution in [0.4, 0.5) is 8.78 Å². The van der Waals surface area contributed by atoms with Crippen molar-refractivity contribution in [2.75, 3.05) is 6.61 Å². The van der Waals surface area contributed by atoms with Gasteiger partial charge in [0.2, 0.25) is 0 Å². The molecule has 1 saturated carbocycles. The molecule has 0 aromatic carbocycles. The van der Waals surface area contributed by atoms with Crippen LogP contribution in [0.2, 0.25) is 12.6 Å². The number of aromatic nitrogens is 1. The summed E-state index contributed by atoms with van der Waals surface area (Å²) in [6, 6.07) is 2.62. The van der Waals surface area contributed by atoms with Gasteiger partial charge in [0.25, 0.3) is 5.56 Å². The summed E-state index contributed by atoms with van der Waals surface area (Å²) in [5, 5.41) is 1.44. The molecule has 0 saturated heterocycles. The van der Waals surface area contributed by atoms with Crippen molar-refractivity contribution in [3.05, 3.63) is 51.3 Å². The van der Waals surface area contributed by atoms with E-state index in [1.165, 1.54) is 28.7 Å². The Balaban J connectivity index is 1.93. The van der Waals surface area contributed by atoms with Gasteiger partial charge in [0, 0.05) is 19.2 Å². The molecule has 4 nitrogen and oxygen atoms in total. The quantitative estimate of drug-likeness (QED) is 0.622. The summed E-state index contributed by atoms with van der Waals surface area (Å²) in [6.45, 7) is 2.19. The Labute approximate surface area is 160 Å². The highest BCUT2D eigenvalue weighted by atomic mass is 28.3. The lowest BCUT2D eigenvalue weighted by molar-refractivity contribution is -0.0511. The highest BCUT2D eigenvalue weighted by molar-refractivity contribution is 6.65. The fraction of sp³-hybridized carbons (Fsp3) is 0.550. The number of aryl methyl sites for hydroxylation is 1. The lowest BCUT2D eigenvalue weighted by Gasteiger charge is -2.28. The van der Waals surface area contributed by atoms with Gasteiger partial charge in [0.15, 0.2) is 5.75 Å². The van der Waals surface area contributed by atoms with Gasteiger partial charge < -0.3 is 14.0 Å². The lowest BCUT2D eigenvalue weighted by atomic mass is 9.91. The maximum absolute atomic E-state index is 12.7. The molecule has 27 heavy (non-hydrogen) atoms. The predicted molar refractivity (Wildman–Crippen MR) is 104 cm³/mol. The van der Waals surface area contributed by atoms with Gasteiger partial charge in [-0.2, -0.15) is 8.78 Å². The molecule has 2 aliphatic carbocycles. The van der Waals surface area contributed by atoms with Crippen molar-refractivity contribution in [1.82, 2.24) is 4.57 Å². The van der Waals surface area contributed by atoms with E-state index in [9.17, 15) is 13.6 Å². The standard InChI is InChI=1S/C20H27F2NO3Si/c1-4-27(3)15-7-8-17(25-12-13-5-6-13)16(10-15)14-9-18(26-20(21)22)19(24)23(2)11-14/h7-9,11,13,16,20,27H,4-6,10,12H2,1-3H3/t16?,27-/m1/s1. The SMILES string of the molecule is CC[Si@@H](C)C1=CC=C(OCC2CC2)C(c2cc(OC(F)F)c(=O)n(C)c2)C1. The third-order valence-electron chi connectivity index (χ3n) is 5.46. The lowest BCUT2D eigenvalue weighted by Crippen LogP contribution is -2.24. The summed E-state index contributed by atoms with van der Waals surface area (Å²) in [7, 11) is 0.561. The molecule has 3 rings (SSSR count). The first kappa shape index (κ1) is 19.9. The van der Waals surface area contributed by atoms with E-state index < -0.39 is 21.0 Å². The Morgan fingerprint density at radius 1 is 1.33 bits per heavy atom. The van der Waals surface area contributed by atoms with Gasteiger partial charge in [0.05, 0.1) is 15.4 Å². The number of alkyl halides is 2. The van der Waals surface area contributed by atoms with Crippen LogP contribution in [0, 0.1) is 5.92 Å². The van der Waals surface area contributed by atoms with E-state index >= 15 is 0 Å². The van der Waals surface area contributed by atoms with Crippen LogP contribution in [0.3, 0.4) is 0 Å². The van der Waals surface area contributed by atoms with Crippen molar-refractivity contribution in [3.63, 3.8) is 0 Å². The summed E-state index contributed by atoms with van der Waals surface area (Å²) in [5.41, 5.74) is 0.212. The van der Waals surface area contributed by atoms with E-state index in [-0.39, 0.29) is 11.7 Å². The predicted octanol–water partition coefficient (Wildman–Crippen LogP) is 4.13. The molecule has 148 valence electrons.